The number of carbonyl (C=O) groups is 1. The zero-order valence-electron chi connectivity index (χ0n) is 13.4. The summed E-state index contributed by atoms with van der Waals surface area (Å²) in [5.74, 6) is 0.893. The average molecular weight is 376 g/mol. The molecule has 0 aliphatic rings. The molecule has 1 N–H and O–H groups in total. The van der Waals surface area contributed by atoms with Crippen LogP contribution in [0, 0.1) is 0 Å². The van der Waals surface area contributed by atoms with Crippen LogP contribution in [0.25, 0.3) is 22.3 Å². The number of aromatic nitrogens is 2. The predicted octanol–water partition coefficient (Wildman–Crippen LogP) is 4.58. The molecule has 0 bridgehead atoms. The minimum atomic E-state index is -0.282. The van der Waals surface area contributed by atoms with Gasteiger partial charge in [0.2, 0.25) is 0 Å². The van der Waals surface area contributed by atoms with Gasteiger partial charge < -0.3 is 10.1 Å². The third kappa shape index (κ3) is 4.00. The number of ether oxygens (including phenoxy) is 1. The Hall–Kier alpha value is -2.37. The lowest BCUT2D eigenvalue weighted by Crippen LogP contribution is -2.11. The van der Waals surface area contributed by atoms with Crippen molar-refractivity contribution in [1.29, 1.82) is 0 Å². The van der Waals surface area contributed by atoms with Crippen molar-refractivity contribution in [3.05, 3.63) is 52.5 Å². The quantitative estimate of drug-likeness (QED) is 0.661. The van der Waals surface area contributed by atoms with E-state index in [-0.39, 0.29) is 12.4 Å². The maximum absolute atomic E-state index is 11.3. The molecule has 0 aliphatic heterocycles. The minimum Gasteiger partial charge on any atom is -0.469 e. The molecule has 25 heavy (non-hydrogen) atoms. The molecule has 7 heteroatoms. The fourth-order valence-corrected chi connectivity index (χ4v) is 2.66. The Bertz CT molecular complexity index is 931. The molecule has 1 aromatic heterocycles. The summed E-state index contributed by atoms with van der Waals surface area (Å²) in [6.07, 6.45) is 0.247. The number of benzene rings is 2. The number of methoxy groups -OCH3 is 1. The topological polar surface area (TPSA) is 64.1 Å². The fourth-order valence-electron chi connectivity index (χ4n) is 2.36. The molecule has 5 nitrogen and oxygen atoms in total. The van der Waals surface area contributed by atoms with Crippen molar-refractivity contribution in [3.63, 3.8) is 0 Å². The summed E-state index contributed by atoms with van der Waals surface area (Å²) in [5, 5.41) is 4.97. The van der Waals surface area contributed by atoms with Gasteiger partial charge in [-0.15, -0.1) is 0 Å². The van der Waals surface area contributed by atoms with Crippen LogP contribution in [-0.4, -0.2) is 29.6 Å². The van der Waals surface area contributed by atoms with Gasteiger partial charge in [-0.1, -0.05) is 35.3 Å². The molecule has 0 atom stereocenters. The van der Waals surface area contributed by atoms with Crippen LogP contribution in [-0.2, 0) is 9.53 Å². The first-order valence-electron chi connectivity index (χ1n) is 7.61. The summed E-state index contributed by atoms with van der Waals surface area (Å²) in [7, 11) is 1.37. The van der Waals surface area contributed by atoms with E-state index in [1.165, 1.54) is 7.11 Å². The maximum Gasteiger partial charge on any atom is 0.307 e. The highest BCUT2D eigenvalue weighted by atomic mass is 35.5. The van der Waals surface area contributed by atoms with E-state index in [0.29, 0.717) is 28.2 Å². The number of para-hydroxylation sites is 1. The Labute approximate surface area is 155 Å². The first kappa shape index (κ1) is 17.5. The molecule has 0 radical (unpaired) electrons. The highest BCUT2D eigenvalue weighted by molar-refractivity contribution is 6.42. The van der Waals surface area contributed by atoms with Gasteiger partial charge in [-0.2, -0.15) is 0 Å². The van der Waals surface area contributed by atoms with Gasteiger partial charge in [0.15, 0.2) is 5.82 Å². The SMILES string of the molecule is COC(=O)CCNc1nc(-c2ccc(Cl)c(Cl)c2)nc2ccccc12. The van der Waals surface area contributed by atoms with Crippen molar-refractivity contribution < 1.29 is 9.53 Å². The number of rotatable bonds is 5. The van der Waals surface area contributed by atoms with Gasteiger partial charge >= 0.3 is 5.97 Å². The Morgan fingerprint density at radius 2 is 1.92 bits per heavy atom. The van der Waals surface area contributed by atoms with Crippen LogP contribution >= 0.6 is 23.2 Å². The van der Waals surface area contributed by atoms with Gasteiger partial charge in [0.1, 0.15) is 5.82 Å². The van der Waals surface area contributed by atoms with Gasteiger partial charge in [0.25, 0.3) is 0 Å². The molecule has 0 saturated heterocycles. The van der Waals surface area contributed by atoms with Crippen LogP contribution in [0.2, 0.25) is 10.0 Å². The summed E-state index contributed by atoms with van der Waals surface area (Å²) in [5.41, 5.74) is 1.55. The fraction of sp³-hybridized carbons (Fsp3) is 0.167. The number of anilines is 1. The van der Waals surface area contributed by atoms with E-state index in [0.717, 1.165) is 16.5 Å². The zero-order chi connectivity index (χ0) is 17.8. The molecule has 1 heterocycles. The van der Waals surface area contributed by atoms with Gasteiger partial charge in [-0.25, -0.2) is 9.97 Å². The molecule has 3 aromatic rings. The molecule has 0 unspecified atom stereocenters. The number of fused-ring (bicyclic) bond motifs is 1. The molecular weight excluding hydrogens is 361 g/mol. The second-order valence-corrected chi connectivity index (χ2v) is 6.11. The Kier molecular flexibility index (Phi) is 5.36. The molecule has 3 rings (SSSR count). The summed E-state index contributed by atoms with van der Waals surface area (Å²) < 4.78 is 4.65. The Balaban J connectivity index is 1.99. The molecule has 0 amide bonds. The number of hydrogen-bond acceptors (Lipinski definition) is 5. The van der Waals surface area contributed by atoms with Crippen LogP contribution in [0.15, 0.2) is 42.5 Å². The van der Waals surface area contributed by atoms with Crippen LogP contribution in [0.4, 0.5) is 5.82 Å². The van der Waals surface area contributed by atoms with E-state index in [4.69, 9.17) is 23.2 Å². The predicted molar refractivity (Wildman–Crippen MR) is 100 cm³/mol. The lowest BCUT2D eigenvalue weighted by molar-refractivity contribution is -0.140. The number of hydrogen-bond donors (Lipinski definition) is 1. The number of nitrogens with zero attached hydrogens (tertiary/aromatic N) is 2. The third-order valence-electron chi connectivity index (χ3n) is 3.63. The van der Waals surface area contributed by atoms with Crippen LogP contribution in [0.1, 0.15) is 6.42 Å². The van der Waals surface area contributed by atoms with Crippen LogP contribution < -0.4 is 5.32 Å². The van der Waals surface area contributed by atoms with E-state index in [1.54, 1.807) is 12.1 Å². The lowest BCUT2D eigenvalue weighted by atomic mass is 10.2. The van der Waals surface area contributed by atoms with E-state index in [9.17, 15) is 4.79 Å². The smallest absolute Gasteiger partial charge is 0.307 e. The minimum absolute atomic E-state index is 0.247. The summed E-state index contributed by atoms with van der Waals surface area (Å²) >= 11 is 12.1. The number of nitrogens with one attached hydrogen (secondary N) is 1. The van der Waals surface area contributed by atoms with Crippen LogP contribution in [0.5, 0.6) is 0 Å². The highest BCUT2D eigenvalue weighted by Gasteiger charge is 2.11. The zero-order valence-corrected chi connectivity index (χ0v) is 14.9. The first-order valence-corrected chi connectivity index (χ1v) is 8.37. The molecule has 128 valence electrons. The van der Waals surface area contributed by atoms with Crippen molar-refractivity contribution in [2.24, 2.45) is 0 Å². The monoisotopic (exact) mass is 375 g/mol. The van der Waals surface area contributed by atoms with Gasteiger partial charge in [-0.05, 0) is 30.3 Å². The van der Waals surface area contributed by atoms with Crippen molar-refractivity contribution in [2.75, 3.05) is 19.0 Å². The summed E-state index contributed by atoms with van der Waals surface area (Å²) in [6.45, 7) is 0.411. The summed E-state index contributed by atoms with van der Waals surface area (Å²) in [4.78, 5) is 20.5. The van der Waals surface area contributed by atoms with Crippen molar-refractivity contribution in [1.82, 2.24) is 9.97 Å². The second kappa shape index (κ2) is 7.68. The molecule has 0 aliphatic carbocycles. The maximum atomic E-state index is 11.3. The van der Waals surface area contributed by atoms with E-state index < -0.39 is 0 Å². The van der Waals surface area contributed by atoms with Crippen molar-refractivity contribution in [3.8, 4) is 11.4 Å². The largest absolute Gasteiger partial charge is 0.469 e. The second-order valence-electron chi connectivity index (χ2n) is 5.29. The van der Waals surface area contributed by atoms with Crippen LogP contribution in [0.3, 0.4) is 0 Å². The Morgan fingerprint density at radius 1 is 1.12 bits per heavy atom. The standard InChI is InChI=1S/C18H15Cl2N3O2/c1-25-16(24)8-9-21-18-12-4-2-3-5-15(12)22-17(23-18)11-6-7-13(19)14(20)10-11/h2-7,10H,8-9H2,1H3,(H,21,22,23). The molecule has 2 aromatic carbocycles. The molecule has 0 fully saturated rings. The Morgan fingerprint density at radius 3 is 2.68 bits per heavy atom. The highest BCUT2D eigenvalue weighted by Crippen LogP contribution is 2.29. The van der Waals surface area contributed by atoms with E-state index >= 15 is 0 Å². The summed E-state index contributed by atoms with van der Waals surface area (Å²) in [6, 6.07) is 12.9. The van der Waals surface area contributed by atoms with Gasteiger partial charge in [0.05, 0.1) is 29.1 Å². The van der Waals surface area contributed by atoms with E-state index in [2.05, 4.69) is 20.0 Å². The average Bonchev–Trinajstić information content (AvgIpc) is 2.63. The lowest BCUT2D eigenvalue weighted by Gasteiger charge is -2.11. The molecular formula is C18H15Cl2N3O2. The van der Waals surface area contributed by atoms with Gasteiger partial charge in [0, 0.05) is 17.5 Å². The molecule has 0 saturated carbocycles. The normalized spacial score (nSPS) is 10.7. The van der Waals surface area contributed by atoms with Gasteiger partial charge in [-0.3, -0.25) is 4.79 Å². The number of carbonyl (C=O) groups excluding carboxylic acids is 1. The van der Waals surface area contributed by atoms with E-state index in [1.807, 2.05) is 30.3 Å². The van der Waals surface area contributed by atoms with Crippen molar-refractivity contribution in [2.45, 2.75) is 6.42 Å². The number of halogens is 2. The third-order valence-corrected chi connectivity index (χ3v) is 4.37. The molecule has 0 spiro atoms. The number of esters is 1. The van der Waals surface area contributed by atoms with Crippen molar-refractivity contribution >= 4 is 45.9 Å². The first-order chi connectivity index (χ1) is 12.1.